The Hall–Kier alpha value is -6.70. The Kier molecular flexibility index (Phi) is 31.1. The van der Waals surface area contributed by atoms with Crippen LogP contribution in [0.25, 0.3) is 0 Å². The van der Waals surface area contributed by atoms with Gasteiger partial charge in [0.2, 0.25) is 41.4 Å². The number of hydrogen-bond acceptors (Lipinski definition) is 16. The molecule has 0 saturated carbocycles. The average Bonchev–Trinajstić information content (AvgIpc) is 2.21. The number of halogens is 1. The van der Waals surface area contributed by atoms with E-state index in [1.165, 1.54) is 13.2 Å². The van der Waals surface area contributed by atoms with Gasteiger partial charge in [-0.2, -0.15) is 0 Å². The molecule has 2 aliphatic rings. The molecule has 1 fully saturated rings. The van der Waals surface area contributed by atoms with E-state index in [2.05, 4.69) is 37.2 Å². The highest BCUT2D eigenvalue weighted by atomic mass is 35.5. The van der Waals surface area contributed by atoms with E-state index in [1.807, 2.05) is 32.9 Å². The molecule has 0 bridgehead atoms. The summed E-state index contributed by atoms with van der Waals surface area (Å²) in [6.45, 7) is 17.0. The Morgan fingerprint density at radius 2 is 1.43 bits per heavy atom. The molecule has 0 spiro atoms. The second-order valence-corrected chi connectivity index (χ2v) is 23.5. The maximum absolute atomic E-state index is 14.2. The molecule has 7 amide bonds. The Balaban J connectivity index is 1.46. The predicted molar refractivity (Wildman–Crippen MR) is 322 cm³/mol. The lowest BCUT2D eigenvalue weighted by atomic mass is 9.83. The van der Waals surface area contributed by atoms with Crippen molar-refractivity contribution in [3.05, 3.63) is 76.3 Å². The van der Waals surface area contributed by atoms with E-state index in [0.29, 0.717) is 61.5 Å². The molecule has 8 N–H and O–H groups in total. The average molecular weight is 1240 g/mol. The van der Waals surface area contributed by atoms with Gasteiger partial charge in [0, 0.05) is 64.3 Å². The van der Waals surface area contributed by atoms with Gasteiger partial charge in [0.15, 0.2) is 0 Å². The number of carboxylic acid groups (broad SMARTS) is 1. The maximum atomic E-state index is 14.2. The van der Waals surface area contributed by atoms with Gasteiger partial charge in [-0.25, -0.2) is 4.79 Å². The van der Waals surface area contributed by atoms with Gasteiger partial charge in [0.25, 0.3) is 0 Å². The predicted octanol–water partition coefficient (Wildman–Crippen LogP) is 4.17. The highest BCUT2D eigenvalue weighted by molar-refractivity contribution is 6.32. The number of carbonyl (C=O) groups is 9. The second kappa shape index (κ2) is 37.2. The number of benzene rings is 2. The minimum absolute atomic E-state index is 0.0286. The van der Waals surface area contributed by atoms with Crippen LogP contribution in [0.5, 0.6) is 5.75 Å². The zero-order chi connectivity index (χ0) is 64.2. The molecule has 25 heteroatoms. The molecule has 2 aromatic rings. The number of esters is 1. The minimum atomic E-state index is -1.23. The molecule has 2 aliphatic heterocycles. The third-order valence-electron chi connectivity index (χ3n) is 15.0. The zero-order valence-electron chi connectivity index (χ0n) is 51.9. The van der Waals surface area contributed by atoms with Crippen molar-refractivity contribution in [3.63, 3.8) is 0 Å². The molecule has 9 atom stereocenters. The number of methoxy groups -OCH3 is 2. The number of cyclic esters (lactones) is 1. The third-order valence-corrected chi connectivity index (χ3v) is 15.3. The molecule has 484 valence electrons. The first-order valence-corrected chi connectivity index (χ1v) is 30.2. The van der Waals surface area contributed by atoms with Crippen molar-refractivity contribution in [1.29, 1.82) is 0 Å². The molecular formula is C62H92ClN7O17. The van der Waals surface area contributed by atoms with E-state index in [4.69, 9.17) is 49.9 Å². The van der Waals surface area contributed by atoms with Crippen LogP contribution >= 0.6 is 11.6 Å². The van der Waals surface area contributed by atoms with Crippen LogP contribution < -0.4 is 42.0 Å². The number of amides is 7. The highest BCUT2D eigenvalue weighted by Gasteiger charge is 2.48. The van der Waals surface area contributed by atoms with Crippen LogP contribution in [0.1, 0.15) is 123 Å². The Morgan fingerprint density at radius 1 is 0.770 bits per heavy atom. The van der Waals surface area contributed by atoms with Gasteiger partial charge in [-0.3, -0.25) is 38.4 Å². The van der Waals surface area contributed by atoms with Gasteiger partial charge in [-0.05, 0) is 86.8 Å². The number of rotatable bonds is 34. The van der Waals surface area contributed by atoms with E-state index in [9.17, 15) is 43.2 Å². The fourth-order valence-corrected chi connectivity index (χ4v) is 9.58. The van der Waals surface area contributed by atoms with Gasteiger partial charge in [0.1, 0.15) is 42.1 Å². The van der Waals surface area contributed by atoms with Crippen molar-refractivity contribution < 1.29 is 81.4 Å². The van der Waals surface area contributed by atoms with Crippen LogP contribution in [0.4, 0.5) is 0 Å². The van der Waals surface area contributed by atoms with Crippen molar-refractivity contribution in [2.24, 2.45) is 23.2 Å². The topological polar surface area (TPSA) is 326 Å². The van der Waals surface area contributed by atoms with Crippen LogP contribution in [-0.2, 0) is 84.5 Å². The number of carbonyl (C=O) groups excluding carboxylic acids is 8. The summed E-state index contributed by atoms with van der Waals surface area (Å²) in [6.07, 6.45) is 1.05. The summed E-state index contributed by atoms with van der Waals surface area (Å²) >= 11 is 6.42. The van der Waals surface area contributed by atoms with Crippen molar-refractivity contribution in [1.82, 2.24) is 37.2 Å². The maximum Gasteiger partial charge on any atom is 0.328 e. The quantitative estimate of drug-likeness (QED) is 0.0277. The van der Waals surface area contributed by atoms with E-state index in [-0.39, 0.29) is 82.9 Å². The Labute approximate surface area is 515 Å². The molecule has 1 saturated heterocycles. The smallest absolute Gasteiger partial charge is 0.328 e. The number of nitrogens with one attached hydrogen (secondary N) is 7. The number of epoxide rings is 1. The van der Waals surface area contributed by atoms with Gasteiger partial charge < -0.3 is 75.5 Å². The molecule has 2 heterocycles. The Morgan fingerprint density at radius 3 is 2.05 bits per heavy atom. The molecule has 2 aromatic carbocycles. The molecule has 0 aliphatic carbocycles. The first-order valence-electron chi connectivity index (χ1n) is 29.8. The first kappa shape index (κ1) is 72.8. The van der Waals surface area contributed by atoms with E-state index in [0.717, 1.165) is 5.56 Å². The number of carboxylic acids is 1. The van der Waals surface area contributed by atoms with Gasteiger partial charge in [-0.1, -0.05) is 82.6 Å². The number of hydrogen-bond donors (Lipinski definition) is 8. The van der Waals surface area contributed by atoms with Crippen LogP contribution in [-0.4, -0.2) is 168 Å². The van der Waals surface area contributed by atoms with Crippen LogP contribution in [0.2, 0.25) is 5.02 Å². The van der Waals surface area contributed by atoms with E-state index >= 15 is 0 Å². The zero-order valence-corrected chi connectivity index (χ0v) is 52.7. The Bertz CT molecular complexity index is 2620. The molecule has 0 unspecified atom stereocenters. The summed E-state index contributed by atoms with van der Waals surface area (Å²) in [4.78, 5) is 120. The summed E-state index contributed by atoms with van der Waals surface area (Å²) in [5.74, 6) is -5.93. The van der Waals surface area contributed by atoms with Crippen molar-refractivity contribution >= 4 is 64.9 Å². The van der Waals surface area contributed by atoms with Crippen molar-refractivity contribution in [2.75, 3.05) is 67.0 Å². The number of ether oxygens (including phenoxy) is 7. The minimum Gasteiger partial charge on any atom is -0.495 e. The fraction of sp³-hybridized carbons (Fsp3) is 0.629. The second-order valence-electron chi connectivity index (χ2n) is 23.1. The van der Waals surface area contributed by atoms with Crippen LogP contribution in [0.15, 0.2) is 54.6 Å². The van der Waals surface area contributed by atoms with Crippen molar-refractivity contribution in [2.45, 2.75) is 162 Å². The standard InChI is InChI=1S/C62H92ClN7O17/c1-37(2)33-47-60(79)86-48(13-11-14-51(72)67-46(35-42-19-23-49(82-10)44(63)34-42)58(77)66-40(6)62(7,8)61(80)69-47)39(5)55-56(87-55)43-20-17-41(18-21-43)36-65-57(76)45(68-59(78)54(38(3)4)70-52(73)15-12-16-53(74)75)22-24-50(71)64-25-26-83-29-30-85-32-31-84-28-27-81-9/h11,14,17-21,23,34,37-40,45-48,54-56H,12-13,15-16,22,24-33,35-36H2,1-10H3,(H,64,71)(H,65,76)(H,66,77)(H,67,72)(H,68,78)(H,69,80)(H,70,73)(H,74,75)/b14-11+/t39-,40-,45-,46+,47-,48-,54-,55+,56+/m0/s1. The van der Waals surface area contributed by atoms with E-state index < -0.39 is 113 Å². The van der Waals surface area contributed by atoms with Crippen LogP contribution in [0, 0.1) is 23.2 Å². The van der Waals surface area contributed by atoms with Gasteiger partial charge in [-0.15, -0.1) is 0 Å². The SMILES string of the molecule is COCCOCCOCCOCCNC(=O)CC[C@H](NC(=O)[C@@H](NC(=O)CCCC(=O)O)C(C)C)C(=O)NCc1ccc([C@H]2O[C@@H]2[C@@H](C)[C@@H]2C/C=C/C(=O)N[C@H](Cc3ccc(OC)c(Cl)c3)C(=O)N[C@@H](C)C(C)(C)C(=O)N[C@@H](CC(C)C)C(=O)O2)cc1. The lowest BCUT2D eigenvalue weighted by Gasteiger charge is -2.34. The number of aliphatic carboxylic acids is 1. The molecule has 0 radical (unpaired) electrons. The molecular weight excluding hydrogens is 1150 g/mol. The largest absolute Gasteiger partial charge is 0.495 e. The molecule has 0 aromatic heterocycles. The van der Waals surface area contributed by atoms with E-state index in [1.54, 1.807) is 78.1 Å². The monoisotopic (exact) mass is 1240 g/mol. The summed E-state index contributed by atoms with van der Waals surface area (Å²) in [6, 6.07) is 7.19. The van der Waals surface area contributed by atoms with Crippen LogP contribution in [0.3, 0.4) is 0 Å². The summed E-state index contributed by atoms with van der Waals surface area (Å²) in [5.41, 5.74) is 0.894. The molecule has 4 rings (SSSR count). The fourth-order valence-electron chi connectivity index (χ4n) is 9.30. The summed E-state index contributed by atoms with van der Waals surface area (Å²) < 4.78 is 39.1. The lowest BCUT2D eigenvalue weighted by Crippen LogP contribution is -2.58. The highest BCUT2D eigenvalue weighted by Crippen LogP contribution is 2.45. The van der Waals surface area contributed by atoms with Gasteiger partial charge in [0.05, 0.1) is 69.9 Å². The summed E-state index contributed by atoms with van der Waals surface area (Å²) in [7, 11) is 3.08. The van der Waals surface area contributed by atoms with Crippen molar-refractivity contribution in [3.8, 4) is 5.75 Å². The molecule has 24 nitrogen and oxygen atoms in total. The first-order chi connectivity index (χ1) is 41.3. The third kappa shape index (κ3) is 25.5. The summed E-state index contributed by atoms with van der Waals surface area (Å²) in [5, 5.41) is 28.9. The lowest BCUT2D eigenvalue weighted by molar-refractivity contribution is -0.157. The normalized spacial score (nSPS) is 21.3. The van der Waals surface area contributed by atoms with Gasteiger partial charge >= 0.3 is 11.9 Å². The molecule has 87 heavy (non-hydrogen) atoms.